The molecule has 0 saturated heterocycles. The molecule has 0 amide bonds. The Morgan fingerprint density at radius 2 is 1.94 bits per heavy atom. The molecule has 0 bridgehead atoms. The Morgan fingerprint density at radius 3 is 2.44 bits per heavy atom. The van der Waals surface area contributed by atoms with Crippen LogP contribution in [0.15, 0.2) is 24.3 Å². The third kappa shape index (κ3) is 4.01. The SMILES string of the molecule is CC(C)(CO)CNCc1ccc(C#N)cc1. The van der Waals surface area contributed by atoms with E-state index in [-0.39, 0.29) is 12.0 Å². The van der Waals surface area contributed by atoms with Gasteiger partial charge in [0.2, 0.25) is 0 Å². The minimum atomic E-state index is -0.0907. The van der Waals surface area contributed by atoms with Crippen LogP contribution in [-0.2, 0) is 6.54 Å². The molecule has 0 radical (unpaired) electrons. The molecule has 86 valence electrons. The van der Waals surface area contributed by atoms with Crippen molar-refractivity contribution in [2.24, 2.45) is 5.41 Å². The van der Waals surface area contributed by atoms with Crippen molar-refractivity contribution in [2.75, 3.05) is 13.2 Å². The molecule has 1 rings (SSSR count). The average Bonchev–Trinajstić information content (AvgIpc) is 2.30. The van der Waals surface area contributed by atoms with E-state index in [1.807, 2.05) is 38.1 Å². The molecule has 3 heteroatoms. The molecule has 0 heterocycles. The van der Waals surface area contributed by atoms with Crippen molar-refractivity contribution in [3.05, 3.63) is 35.4 Å². The summed E-state index contributed by atoms with van der Waals surface area (Å²) in [5.74, 6) is 0. The predicted octanol–water partition coefficient (Wildman–Crippen LogP) is 1.67. The van der Waals surface area contributed by atoms with E-state index in [0.717, 1.165) is 18.7 Å². The molecule has 0 aliphatic rings. The summed E-state index contributed by atoms with van der Waals surface area (Å²) in [5.41, 5.74) is 1.74. The first-order valence-electron chi connectivity index (χ1n) is 5.38. The normalized spacial score (nSPS) is 11.1. The summed E-state index contributed by atoms with van der Waals surface area (Å²) in [6.07, 6.45) is 0. The molecule has 0 spiro atoms. The van der Waals surface area contributed by atoms with Crippen LogP contribution < -0.4 is 5.32 Å². The van der Waals surface area contributed by atoms with Gasteiger partial charge in [-0.1, -0.05) is 26.0 Å². The summed E-state index contributed by atoms with van der Waals surface area (Å²) in [5, 5.41) is 21.0. The standard InChI is InChI=1S/C13H18N2O/c1-13(2,10-16)9-15-8-12-5-3-11(7-14)4-6-12/h3-6,15-16H,8-10H2,1-2H3. The first-order chi connectivity index (χ1) is 7.57. The number of aliphatic hydroxyl groups excluding tert-OH is 1. The number of benzene rings is 1. The Labute approximate surface area is 96.7 Å². The molecule has 0 aliphatic carbocycles. The lowest BCUT2D eigenvalue weighted by atomic mass is 9.95. The van der Waals surface area contributed by atoms with Crippen molar-refractivity contribution in [3.63, 3.8) is 0 Å². The van der Waals surface area contributed by atoms with Crippen LogP contribution in [0.5, 0.6) is 0 Å². The number of hydrogen-bond donors (Lipinski definition) is 2. The van der Waals surface area contributed by atoms with Crippen LogP contribution in [0.4, 0.5) is 0 Å². The number of nitrogens with one attached hydrogen (secondary N) is 1. The van der Waals surface area contributed by atoms with Gasteiger partial charge in [0.15, 0.2) is 0 Å². The van der Waals surface area contributed by atoms with Gasteiger partial charge >= 0.3 is 0 Å². The summed E-state index contributed by atoms with van der Waals surface area (Å²) in [7, 11) is 0. The Bertz CT molecular complexity index is 363. The van der Waals surface area contributed by atoms with Crippen LogP contribution in [0.3, 0.4) is 0 Å². The highest BCUT2D eigenvalue weighted by molar-refractivity contribution is 5.31. The van der Waals surface area contributed by atoms with Gasteiger partial charge in [-0.3, -0.25) is 0 Å². The Hall–Kier alpha value is -1.37. The molecule has 0 aromatic heterocycles. The van der Waals surface area contributed by atoms with Crippen molar-refractivity contribution in [2.45, 2.75) is 20.4 Å². The van der Waals surface area contributed by atoms with Crippen LogP contribution in [0, 0.1) is 16.7 Å². The number of hydrogen-bond acceptors (Lipinski definition) is 3. The van der Waals surface area contributed by atoms with E-state index >= 15 is 0 Å². The van der Waals surface area contributed by atoms with Gasteiger partial charge in [0.25, 0.3) is 0 Å². The fourth-order valence-corrected chi connectivity index (χ4v) is 1.30. The molecule has 1 aromatic carbocycles. The first kappa shape index (κ1) is 12.7. The molecule has 0 unspecified atom stereocenters. The van der Waals surface area contributed by atoms with E-state index in [1.165, 1.54) is 0 Å². The van der Waals surface area contributed by atoms with Crippen LogP contribution >= 0.6 is 0 Å². The Kier molecular flexibility index (Phi) is 4.48. The second kappa shape index (κ2) is 5.64. The van der Waals surface area contributed by atoms with Crippen LogP contribution in [0.25, 0.3) is 0 Å². The van der Waals surface area contributed by atoms with Gasteiger partial charge in [-0.15, -0.1) is 0 Å². The topological polar surface area (TPSA) is 56.0 Å². The highest BCUT2D eigenvalue weighted by Gasteiger charge is 2.15. The van der Waals surface area contributed by atoms with E-state index < -0.39 is 0 Å². The lowest BCUT2D eigenvalue weighted by Gasteiger charge is -2.21. The van der Waals surface area contributed by atoms with Crippen molar-refractivity contribution < 1.29 is 5.11 Å². The third-order valence-corrected chi connectivity index (χ3v) is 2.44. The summed E-state index contributed by atoms with van der Waals surface area (Å²) in [6.45, 7) is 5.73. The van der Waals surface area contributed by atoms with Crippen LogP contribution in [0.1, 0.15) is 25.0 Å². The molecule has 1 aromatic rings. The zero-order valence-corrected chi connectivity index (χ0v) is 9.83. The minimum absolute atomic E-state index is 0.0907. The largest absolute Gasteiger partial charge is 0.396 e. The lowest BCUT2D eigenvalue weighted by molar-refractivity contribution is 0.156. The summed E-state index contributed by atoms with van der Waals surface area (Å²) in [6, 6.07) is 9.60. The number of nitrogens with zero attached hydrogens (tertiary/aromatic N) is 1. The average molecular weight is 218 g/mol. The Balaban J connectivity index is 2.41. The van der Waals surface area contributed by atoms with Crippen LogP contribution in [0.2, 0.25) is 0 Å². The molecular formula is C13H18N2O. The summed E-state index contributed by atoms with van der Waals surface area (Å²) in [4.78, 5) is 0. The monoisotopic (exact) mass is 218 g/mol. The van der Waals surface area contributed by atoms with E-state index in [2.05, 4.69) is 11.4 Å². The van der Waals surface area contributed by atoms with E-state index in [1.54, 1.807) is 0 Å². The van der Waals surface area contributed by atoms with Gasteiger partial charge in [-0.05, 0) is 17.7 Å². The summed E-state index contributed by atoms with van der Waals surface area (Å²) < 4.78 is 0. The van der Waals surface area contributed by atoms with Gasteiger partial charge in [-0.25, -0.2) is 0 Å². The molecule has 0 aliphatic heterocycles. The Morgan fingerprint density at radius 1 is 1.31 bits per heavy atom. The van der Waals surface area contributed by atoms with Crippen LogP contribution in [-0.4, -0.2) is 18.3 Å². The molecule has 0 fully saturated rings. The fourth-order valence-electron chi connectivity index (χ4n) is 1.30. The highest BCUT2D eigenvalue weighted by atomic mass is 16.3. The predicted molar refractivity (Wildman–Crippen MR) is 63.7 cm³/mol. The van der Waals surface area contributed by atoms with Gasteiger partial charge < -0.3 is 10.4 Å². The second-order valence-electron chi connectivity index (χ2n) is 4.73. The highest BCUT2D eigenvalue weighted by Crippen LogP contribution is 2.11. The van der Waals surface area contributed by atoms with Gasteiger partial charge in [0.05, 0.1) is 11.6 Å². The lowest BCUT2D eigenvalue weighted by Crippen LogP contribution is -2.31. The molecule has 2 N–H and O–H groups in total. The van der Waals surface area contributed by atoms with Gasteiger partial charge in [0.1, 0.15) is 0 Å². The van der Waals surface area contributed by atoms with Crippen molar-refractivity contribution in [1.82, 2.24) is 5.32 Å². The number of aliphatic hydroxyl groups is 1. The minimum Gasteiger partial charge on any atom is -0.396 e. The maximum atomic E-state index is 9.08. The smallest absolute Gasteiger partial charge is 0.0991 e. The van der Waals surface area contributed by atoms with Crippen molar-refractivity contribution in [1.29, 1.82) is 5.26 Å². The maximum Gasteiger partial charge on any atom is 0.0991 e. The van der Waals surface area contributed by atoms with E-state index in [0.29, 0.717) is 5.56 Å². The molecular weight excluding hydrogens is 200 g/mol. The summed E-state index contributed by atoms with van der Waals surface area (Å²) >= 11 is 0. The van der Waals surface area contributed by atoms with Crippen molar-refractivity contribution in [3.8, 4) is 6.07 Å². The van der Waals surface area contributed by atoms with Gasteiger partial charge in [0, 0.05) is 25.1 Å². The van der Waals surface area contributed by atoms with E-state index in [4.69, 9.17) is 10.4 Å². The number of rotatable bonds is 5. The van der Waals surface area contributed by atoms with Crippen molar-refractivity contribution >= 4 is 0 Å². The zero-order valence-electron chi connectivity index (χ0n) is 9.83. The second-order valence-corrected chi connectivity index (χ2v) is 4.73. The van der Waals surface area contributed by atoms with E-state index in [9.17, 15) is 0 Å². The fraction of sp³-hybridized carbons (Fsp3) is 0.462. The number of nitriles is 1. The first-order valence-corrected chi connectivity index (χ1v) is 5.38. The third-order valence-electron chi connectivity index (χ3n) is 2.44. The maximum absolute atomic E-state index is 9.08. The molecule has 0 saturated carbocycles. The van der Waals surface area contributed by atoms with Gasteiger partial charge in [-0.2, -0.15) is 5.26 Å². The molecule has 0 atom stereocenters. The molecule has 16 heavy (non-hydrogen) atoms. The molecule has 3 nitrogen and oxygen atoms in total. The zero-order chi connectivity index (χ0) is 12.0. The quantitative estimate of drug-likeness (QED) is 0.790.